The van der Waals surface area contributed by atoms with E-state index in [0.29, 0.717) is 11.6 Å². The number of benzene rings is 1. The number of carbonyl (C=O) groups excluding carboxylic acids is 1. The van der Waals surface area contributed by atoms with Crippen LogP contribution in [0.5, 0.6) is 0 Å². The molecule has 0 saturated heterocycles. The Kier molecular flexibility index (Phi) is 5.56. The zero-order valence-corrected chi connectivity index (χ0v) is 12.0. The van der Waals surface area contributed by atoms with Gasteiger partial charge in [-0.15, -0.1) is 0 Å². The largest absolute Gasteiger partial charge is 0.393 e. The molecule has 0 aromatic heterocycles. The molecular formula is C13H17ClN2OS. The van der Waals surface area contributed by atoms with E-state index in [2.05, 4.69) is 5.32 Å². The third kappa shape index (κ3) is 4.27. The highest BCUT2D eigenvalue weighted by Crippen LogP contribution is 2.13. The van der Waals surface area contributed by atoms with Gasteiger partial charge in [-0.1, -0.05) is 49.8 Å². The molecule has 0 heterocycles. The van der Waals surface area contributed by atoms with Crippen LogP contribution in [-0.4, -0.2) is 10.9 Å². The van der Waals surface area contributed by atoms with Gasteiger partial charge in [0.05, 0.1) is 10.9 Å². The van der Waals surface area contributed by atoms with Crippen LogP contribution in [0.4, 0.5) is 0 Å². The molecule has 1 aromatic rings. The Morgan fingerprint density at radius 3 is 2.67 bits per heavy atom. The van der Waals surface area contributed by atoms with E-state index in [1.807, 2.05) is 32.0 Å². The molecule has 1 atom stereocenters. The van der Waals surface area contributed by atoms with E-state index in [1.165, 1.54) is 0 Å². The van der Waals surface area contributed by atoms with Crippen molar-refractivity contribution in [2.24, 2.45) is 17.6 Å². The van der Waals surface area contributed by atoms with Crippen LogP contribution in [0.15, 0.2) is 24.3 Å². The highest BCUT2D eigenvalue weighted by molar-refractivity contribution is 7.80. The van der Waals surface area contributed by atoms with Crippen LogP contribution in [0.3, 0.4) is 0 Å². The van der Waals surface area contributed by atoms with Crippen molar-refractivity contribution in [3.8, 4) is 0 Å². The van der Waals surface area contributed by atoms with Crippen molar-refractivity contribution in [1.82, 2.24) is 5.32 Å². The van der Waals surface area contributed by atoms with E-state index >= 15 is 0 Å². The monoisotopic (exact) mass is 284 g/mol. The van der Waals surface area contributed by atoms with Gasteiger partial charge >= 0.3 is 0 Å². The van der Waals surface area contributed by atoms with Gasteiger partial charge in [0.15, 0.2) is 0 Å². The second kappa shape index (κ2) is 6.71. The van der Waals surface area contributed by atoms with E-state index in [4.69, 9.17) is 29.6 Å². The number of rotatable bonds is 5. The fourth-order valence-electron chi connectivity index (χ4n) is 1.71. The standard InChI is InChI=1S/C13H17ClN2OS/c1-8(2)11(12(15)18)13(17)16-7-9-4-3-5-10(14)6-9/h3-6,8,11H,7H2,1-2H3,(H2,15,18)(H,16,17). The summed E-state index contributed by atoms with van der Waals surface area (Å²) in [6, 6.07) is 7.35. The fourth-order valence-corrected chi connectivity index (χ4v) is 2.30. The fraction of sp³-hybridized carbons (Fsp3) is 0.385. The molecular weight excluding hydrogens is 268 g/mol. The molecule has 0 aliphatic carbocycles. The van der Waals surface area contributed by atoms with Gasteiger partial charge in [-0.3, -0.25) is 4.79 Å². The van der Waals surface area contributed by atoms with Gasteiger partial charge in [-0.2, -0.15) is 0 Å². The van der Waals surface area contributed by atoms with Crippen LogP contribution in [0.2, 0.25) is 5.02 Å². The SMILES string of the molecule is CC(C)C(C(=O)NCc1cccc(Cl)c1)C(N)=S. The van der Waals surface area contributed by atoms with Crippen molar-refractivity contribution in [2.75, 3.05) is 0 Å². The summed E-state index contributed by atoms with van der Waals surface area (Å²) in [6.45, 7) is 4.26. The number of nitrogens with one attached hydrogen (secondary N) is 1. The predicted octanol–water partition coefficient (Wildman–Crippen LogP) is 2.51. The zero-order valence-electron chi connectivity index (χ0n) is 10.4. The number of amides is 1. The molecule has 3 nitrogen and oxygen atoms in total. The molecule has 0 bridgehead atoms. The molecule has 0 aliphatic rings. The highest BCUT2D eigenvalue weighted by atomic mass is 35.5. The van der Waals surface area contributed by atoms with Gasteiger partial charge in [-0.05, 0) is 23.6 Å². The third-order valence-corrected chi connectivity index (χ3v) is 3.10. The molecule has 1 rings (SSSR count). The molecule has 1 unspecified atom stereocenters. The van der Waals surface area contributed by atoms with Crippen molar-refractivity contribution >= 4 is 34.7 Å². The summed E-state index contributed by atoms with van der Waals surface area (Å²) in [5.41, 5.74) is 6.53. The third-order valence-electron chi connectivity index (χ3n) is 2.61. The van der Waals surface area contributed by atoms with E-state index in [0.717, 1.165) is 5.56 Å². The summed E-state index contributed by atoms with van der Waals surface area (Å²) >= 11 is 10.8. The van der Waals surface area contributed by atoms with Crippen LogP contribution >= 0.6 is 23.8 Å². The van der Waals surface area contributed by atoms with Gasteiger partial charge in [0.2, 0.25) is 5.91 Å². The average molecular weight is 285 g/mol. The van der Waals surface area contributed by atoms with Crippen LogP contribution in [-0.2, 0) is 11.3 Å². The van der Waals surface area contributed by atoms with E-state index in [-0.39, 0.29) is 16.8 Å². The van der Waals surface area contributed by atoms with E-state index < -0.39 is 5.92 Å². The Labute approximate surface area is 118 Å². The molecule has 0 fully saturated rings. The number of hydrogen-bond acceptors (Lipinski definition) is 2. The molecule has 0 spiro atoms. The Balaban J connectivity index is 2.62. The van der Waals surface area contributed by atoms with Crippen molar-refractivity contribution in [1.29, 1.82) is 0 Å². The minimum atomic E-state index is -0.431. The van der Waals surface area contributed by atoms with Gasteiger partial charge < -0.3 is 11.1 Å². The van der Waals surface area contributed by atoms with Gasteiger partial charge in [0, 0.05) is 11.6 Å². The first-order valence-corrected chi connectivity index (χ1v) is 6.52. The van der Waals surface area contributed by atoms with E-state index in [1.54, 1.807) is 6.07 Å². The number of nitrogens with two attached hydrogens (primary N) is 1. The molecule has 0 saturated carbocycles. The van der Waals surface area contributed by atoms with Crippen LogP contribution in [0.25, 0.3) is 0 Å². The van der Waals surface area contributed by atoms with Gasteiger partial charge in [0.25, 0.3) is 0 Å². The van der Waals surface area contributed by atoms with Gasteiger partial charge in [-0.25, -0.2) is 0 Å². The lowest BCUT2D eigenvalue weighted by Crippen LogP contribution is -2.40. The number of halogens is 1. The maximum Gasteiger partial charge on any atom is 0.230 e. The highest BCUT2D eigenvalue weighted by Gasteiger charge is 2.24. The normalized spacial score (nSPS) is 12.2. The second-order valence-corrected chi connectivity index (χ2v) is 5.38. The summed E-state index contributed by atoms with van der Waals surface area (Å²) in [5, 5.41) is 3.47. The lowest BCUT2D eigenvalue weighted by molar-refractivity contribution is -0.124. The number of carbonyl (C=O) groups is 1. The van der Waals surface area contributed by atoms with E-state index in [9.17, 15) is 4.79 Å². The minimum Gasteiger partial charge on any atom is -0.393 e. The predicted molar refractivity (Wildman–Crippen MR) is 78.4 cm³/mol. The Morgan fingerprint density at radius 1 is 1.50 bits per heavy atom. The summed E-state index contributed by atoms with van der Waals surface area (Å²) in [5.74, 6) is -0.487. The lowest BCUT2D eigenvalue weighted by atomic mass is 9.95. The first-order chi connectivity index (χ1) is 8.41. The van der Waals surface area contributed by atoms with Crippen LogP contribution in [0, 0.1) is 11.8 Å². The van der Waals surface area contributed by atoms with Crippen LogP contribution in [0.1, 0.15) is 19.4 Å². The Morgan fingerprint density at radius 2 is 2.17 bits per heavy atom. The summed E-state index contributed by atoms with van der Waals surface area (Å²) in [7, 11) is 0. The van der Waals surface area contributed by atoms with Crippen molar-refractivity contribution in [3.63, 3.8) is 0 Å². The minimum absolute atomic E-state index is 0.0851. The maximum atomic E-state index is 12.0. The Hall–Kier alpha value is -1.13. The molecule has 3 N–H and O–H groups in total. The van der Waals surface area contributed by atoms with Crippen molar-refractivity contribution in [3.05, 3.63) is 34.9 Å². The van der Waals surface area contributed by atoms with Crippen LogP contribution < -0.4 is 11.1 Å². The second-order valence-electron chi connectivity index (χ2n) is 4.47. The quantitative estimate of drug-likeness (QED) is 0.817. The smallest absolute Gasteiger partial charge is 0.230 e. The molecule has 18 heavy (non-hydrogen) atoms. The maximum absolute atomic E-state index is 12.0. The molecule has 1 aromatic carbocycles. The summed E-state index contributed by atoms with van der Waals surface area (Å²) < 4.78 is 0. The molecule has 1 amide bonds. The first kappa shape index (κ1) is 14.9. The molecule has 0 radical (unpaired) electrons. The average Bonchev–Trinajstić information content (AvgIpc) is 2.25. The number of hydrogen-bond donors (Lipinski definition) is 2. The molecule has 0 aliphatic heterocycles. The first-order valence-electron chi connectivity index (χ1n) is 5.73. The number of thiocarbonyl (C=S) groups is 1. The molecule has 5 heteroatoms. The molecule has 98 valence electrons. The Bertz CT molecular complexity index is 448. The topological polar surface area (TPSA) is 55.1 Å². The summed E-state index contributed by atoms with van der Waals surface area (Å²) in [6.07, 6.45) is 0. The van der Waals surface area contributed by atoms with Crippen molar-refractivity contribution in [2.45, 2.75) is 20.4 Å². The van der Waals surface area contributed by atoms with Crippen molar-refractivity contribution < 1.29 is 4.79 Å². The van der Waals surface area contributed by atoms with Gasteiger partial charge in [0.1, 0.15) is 0 Å². The lowest BCUT2D eigenvalue weighted by Gasteiger charge is -2.18. The zero-order chi connectivity index (χ0) is 13.7. The summed E-state index contributed by atoms with van der Waals surface area (Å²) in [4.78, 5) is 12.2.